The van der Waals surface area contributed by atoms with Crippen molar-refractivity contribution in [1.82, 2.24) is 5.32 Å². The third-order valence-corrected chi connectivity index (χ3v) is 4.69. The molecule has 15 heavy (non-hydrogen) atoms. The van der Waals surface area contributed by atoms with E-state index in [1.54, 1.807) is 0 Å². The zero-order valence-electron chi connectivity index (χ0n) is 8.96. The van der Waals surface area contributed by atoms with Crippen molar-refractivity contribution in [2.45, 2.75) is 37.6 Å². The molecule has 1 aromatic heterocycles. The maximum Gasteiger partial charge on any atom is 0.127 e. The molecule has 80 valence electrons. The SMILES string of the molecule is c1cc2c(o1)C1(CCCC3CC31)NCC2. The number of furan rings is 1. The smallest absolute Gasteiger partial charge is 0.127 e. The Morgan fingerprint density at radius 2 is 2.47 bits per heavy atom. The fraction of sp³-hybridized carbons (Fsp3) is 0.692. The Balaban J connectivity index is 1.83. The molecular formula is C13H17NO. The van der Waals surface area contributed by atoms with Crippen molar-refractivity contribution in [3.05, 3.63) is 23.7 Å². The predicted octanol–water partition coefficient (Wildman–Crippen LogP) is 2.44. The molecule has 1 aromatic rings. The van der Waals surface area contributed by atoms with Crippen molar-refractivity contribution in [3.8, 4) is 0 Å². The number of rotatable bonds is 0. The Kier molecular flexibility index (Phi) is 1.50. The van der Waals surface area contributed by atoms with Gasteiger partial charge in [-0.2, -0.15) is 0 Å². The lowest BCUT2D eigenvalue weighted by atomic mass is 9.76. The van der Waals surface area contributed by atoms with Gasteiger partial charge in [-0.1, -0.05) is 12.8 Å². The van der Waals surface area contributed by atoms with Gasteiger partial charge in [-0.15, -0.1) is 0 Å². The first-order valence-corrected chi connectivity index (χ1v) is 6.22. The van der Waals surface area contributed by atoms with Crippen LogP contribution >= 0.6 is 0 Å². The van der Waals surface area contributed by atoms with Crippen molar-refractivity contribution < 1.29 is 4.42 Å². The molecule has 0 amide bonds. The maximum atomic E-state index is 5.78. The van der Waals surface area contributed by atoms with Crippen LogP contribution in [0, 0.1) is 11.8 Å². The summed E-state index contributed by atoms with van der Waals surface area (Å²) < 4.78 is 5.78. The molecule has 3 unspecified atom stereocenters. The van der Waals surface area contributed by atoms with E-state index in [4.69, 9.17) is 4.42 Å². The van der Waals surface area contributed by atoms with E-state index in [0.717, 1.165) is 24.8 Å². The molecule has 2 heterocycles. The van der Waals surface area contributed by atoms with E-state index < -0.39 is 0 Å². The van der Waals surface area contributed by atoms with E-state index in [9.17, 15) is 0 Å². The van der Waals surface area contributed by atoms with E-state index in [1.807, 2.05) is 6.26 Å². The number of hydrogen-bond acceptors (Lipinski definition) is 2. The molecule has 3 atom stereocenters. The van der Waals surface area contributed by atoms with Crippen LogP contribution in [0.1, 0.15) is 37.0 Å². The molecule has 3 aliphatic rings. The molecule has 2 saturated carbocycles. The zero-order valence-corrected chi connectivity index (χ0v) is 8.96. The quantitative estimate of drug-likeness (QED) is 0.700. The second-order valence-corrected chi connectivity index (χ2v) is 5.42. The lowest BCUT2D eigenvalue weighted by Crippen LogP contribution is -2.50. The molecule has 1 aliphatic heterocycles. The molecule has 1 spiro atoms. The van der Waals surface area contributed by atoms with Crippen molar-refractivity contribution in [3.63, 3.8) is 0 Å². The number of fused-ring (bicyclic) bond motifs is 4. The van der Waals surface area contributed by atoms with Gasteiger partial charge in [0.1, 0.15) is 5.76 Å². The molecule has 0 aromatic carbocycles. The Bertz CT molecular complexity index is 397. The van der Waals surface area contributed by atoms with Crippen LogP contribution in [0.15, 0.2) is 16.7 Å². The minimum absolute atomic E-state index is 0.236. The summed E-state index contributed by atoms with van der Waals surface area (Å²) in [4.78, 5) is 0. The number of hydrogen-bond donors (Lipinski definition) is 1. The van der Waals surface area contributed by atoms with Crippen molar-refractivity contribution in [1.29, 1.82) is 0 Å². The van der Waals surface area contributed by atoms with E-state index in [-0.39, 0.29) is 5.54 Å². The summed E-state index contributed by atoms with van der Waals surface area (Å²) in [5, 5.41) is 3.77. The van der Waals surface area contributed by atoms with Crippen LogP contribution < -0.4 is 5.32 Å². The van der Waals surface area contributed by atoms with Crippen LogP contribution in [-0.4, -0.2) is 6.54 Å². The summed E-state index contributed by atoms with van der Waals surface area (Å²) in [7, 11) is 0. The molecule has 2 fully saturated rings. The van der Waals surface area contributed by atoms with Crippen molar-refractivity contribution >= 4 is 0 Å². The van der Waals surface area contributed by atoms with Crippen molar-refractivity contribution in [2.75, 3.05) is 6.54 Å². The van der Waals surface area contributed by atoms with E-state index >= 15 is 0 Å². The largest absolute Gasteiger partial charge is 0.467 e. The molecular weight excluding hydrogens is 186 g/mol. The van der Waals surface area contributed by atoms with Crippen LogP contribution in [0.2, 0.25) is 0 Å². The van der Waals surface area contributed by atoms with Gasteiger partial charge in [-0.05, 0) is 42.7 Å². The summed E-state index contributed by atoms with van der Waals surface area (Å²) in [6.45, 7) is 1.13. The van der Waals surface area contributed by atoms with Crippen LogP contribution in [-0.2, 0) is 12.0 Å². The summed E-state index contributed by atoms with van der Waals surface area (Å²) in [6, 6.07) is 2.17. The van der Waals surface area contributed by atoms with Crippen LogP contribution in [0.4, 0.5) is 0 Å². The van der Waals surface area contributed by atoms with E-state index in [1.165, 1.54) is 37.0 Å². The minimum Gasteiger partial charge on any atom is -0.467 e. The fourth-order valence-electron chi connectivity index (χ4n) is 3.92. The third-order valence-electron chi connectivity index (χ3n) is 4.69. The Labute approximate surface area is 90.0 Å². The Morgan fingerprint density at radius 3 is 3.47 bits per heavy atom. The minimum atomic E-state index is 0.236. The van der Waals surface area contributed by atoms with Gasteiger partial charge in [-0.3, -0.25) is 0 Å². The summed E-state index contributed by atoms with van der Waals surface area (Å²) >= 11 is 0. The van der Waals surface area contributed by atoms with E-state index in [0.29, 0.717) is 0 Å². The standard InChI is InChI=1S/C13H17NO/c1-2-10-8-11(10)13(5-1)12-9(3-6-14-13)4-7-15-12/h4,7,10-11,14H,1-3,5-6,8H2. The highest BCUT2D eigenvalue weighted by atomic mass is 16.3. The highest BCUT2D eigenvalue weighted by molar-refractivity contribution is 5.32. The summed E-state index contributed by atoms with van der Waals surface area (Å²) in [6.07, 6.45) is 8.55. The lowest BCUT2D eigenvalue weighted by molar-refractivity contribution is 0.165. The van der Waals surface area contributed by atoms with Gasteiger partial charge in [0.25, 0.3) is 0 Å². The first-order chi connectivity index (χ1) is 7.40. The highest BCUT2D eigenvalue weighted by Gasteiger charge is 2.58. The molecule has 0 bridgehead atoms. The first-order valence-electron chi connectivity index (χ1n) is 6.22. The van der Waals surface area contributed by atoms with Gasteiger partial charge < -0.3 is 9.73 Å². The van der Waals surface area contributed by atoms with Gasteiger partial charge in [-0.25, -0.2) is 0 Å². The zero-order chi connectivity index (χ0) is 9.88. The normalized spacial score (nSPS) is 42.4. The van der Waals surface area contributed by atoms with Gasteiger partial charge in [0, 0.05) is 6.54 Å². The molecule has 4 rings (SSSR count). The lowest BCUT2D eigenvalue weighted by Gasteiger charge is -2.40. The molecule has 0 radical (unpaired) electrons. The van der Waals surface area contributed by atoms with Crippen LogP contribution in [0.5, 0.6) is 0 Å². The van der Waals surface area contributed by atoms with Gasteiger partial charge in [0.15, 0.2) is 0 Å². The highest BCUT2D eigenvalue weighted by Crippen LogP contribution is 2.60. The second-order valence-electron chi connectivity index (χ2n) is 5.42. The monoisotopic (exact) mass is 203 g/mol. The Hall–Kier alpha value is -0.760. The summed E-state index contributed by atoms with van der Waals surface area (Å²) in [5.41, 5.74) is 1.70. The van der Waals surface area contributed by atoms with Crippen molar-refractivity contribution in [2.24, 2.45) is 11.8 Å². The van der Waals surface area contributed by atoms with Gasteiger partial charge in [0.2, 0.25) is 0 Å². The average Bonchev–Trinajstić information content (AvgIpc) is 2.89. The second kappa shape index (κ2) is 2.67. The maximum absolute atomic E-state index is 5.78. The molecule has 2 heteroatoms. The first kappa shape index (κ1) is 8.40. The van der Waals surface area contributed by atoms with Crippen LogP contribution in [0.3, 0.4) is 0 Å². The van der Waals surface area contributed by atoms with Crippen LogP contribution in [0.25, 0.3) is 0 Å². The van der Waals surface area contributed by atoms with E-state index in [2.05, 4.69) is 11.4 Å². The van der Waals surface area contributed by atoms with Gasteiger partial charge >= 0.3 is 0 Å². The average molecular weight is 203 g/mol. The van der Waals surface area contributed by atoms with Gasteiger partial charge in [0.05, 0.1) is 11.8 Å². The topological polar surface area (TPSA) is 25.2 Å². The number of nitrogens with one attached hydrogen (secondary N) is 1. The Morgan fingerprint density at radius 1 is 1.47 bits per heavy atom. The predicted molar refractivity (Wildman–Crippen MR) is 57.5 cm³/mol. The molecule has 2 aliphatic carbocycles. The summed E-state index contributed by atoms with van der Waals surface area (Å²) in [5.74, 6) is 3.14. The molecule has 1 N–H and O–H groups in total. The fourth-order valence-corrected chi connectivity index (χ4v) is 3.92. The third kappa shape index (κ3) is 0.984. The molecule has 0 saturated heterocycles. The molecule has 2 nitrogen and oxygen atoms in total.